The quantitative estimate of drug-likeness (QED) is 0.740. The van der Waals surface area contributed by atoms with Gasteiger partial charge in [-0.3, -0.25) is 0 Å². The minimum atomic E-state index is 0. The van der Waals surface area contributed by atoms with Crippen LogP contribution in [0.5, 0.6) is 11.5 Å². The molecular weight excluding hydrogens is 243 g/mol. The molecule has 0 saturated carbocycles. The fraction of sp³-hybridized carbons (Fsp3) is 0.0769. The summed E-state index contributed by atoms with van der Waals surface area (Å²) in [6.07, 6.45) is 0. The standard InChI is InChI=1S/C12H10O.CH4.2ClH/c1-3-7-11(8-4-1)13-12-9-5-2-6-10-12;;;/h1-10H;1H4;2*1H. The molecule has 0 N–H and O–H groups in total. The first kappa shape index (κ1) is 17.2. The molecule has 0 fully saturated rings. The van der Waals surface area contributed by atoms with Gasteiger partial charge in [-0.05, 0) is 24.3 Å². The van der Waals surface area contributed by atoms with E-state index >= 15 is 0 Å². The summed E-state index contributed by atoms with van der Waals surface area (Å²) in [5.74, 6) is 1.74. The molecule has 0 aliphatic carbocycles. The van der Waals surface area contributed by atoms with Gasteiger partial charge < -0.3 is 4.74 Å². The predicted molar refractivity (Wildman–Crippen MR) is 74.2 cm³/mol. The Morgan fingerprint density at radius 2 is 0.875 bits per heavy atom. The fourth-order valence-electron chi connectivity index (χ4n) is 1.11. The highest BCUT2D eigenvalue weighted by atomic mass is 35.5. The molecular formula is C13H16Cl2O. The van der Waals surface area contributed by atoms with Gasteiger partial charge in [-0.2, -0.15) is 0 Å². The molecule has 0 spiro atoms. The number of hydrogen-bond donors (Lipinski definition) is 0. The average molecular weight is 259 g/mol. The van der Waals surface area contributed by atoms with Gasteiger partial charge in [0.25, 0.3) is 0 Å². The number of hydrogen-bond acceptors (Lipinski definition) is 1. The van der Waals surface area contributed by atoms with Crippen LogP contribution in [0.1, 0.15) is 7.43 Å². The van der Waals surface area contributed by atoms with Gasteiger partial charge in [0.1, 0.15) is 11.5 Å². The third kappa shape index (κ3) is 5.06. The maximum absolute atomic E-state index is 5.58. The van der Waals surface area contributed by atoms with Gasteiger partial charge in [0.2, 0.25) is 0 Å². The van der Waals surface area contributed by atoms with Gasteiger partial charge in [-0.15, -0.1) is 24.8 Å². The molecule has 0 saturated heterocycles. The van der Waals surface area contributed by atoms with E-state index in [-0.39, 0.29) is 32.2 Å². The van der Waals surface area contributed by atoms with Crippen molar-refractivity contribution < 1.29 is 4.74 Å². The highest BCUT2D eigenvalue weighted by molar-refractivity contribution is 5.85. The number of halogens is 2. The van der Waals surface area contributed by atoms with E-state index in [1.165, 1.54) is 0 Å². The van der Waals surface area contributed by atoms with E-state index in [2.05, 4.69) is 0 Å². The summed E-state index contributed by atoms with van der Waals surface area (Å²) in [6, 6.07) is 19.5. The Morgan fingerprint density at radius 3 is 1.19 bits per heavy atom. The first-order valence-corrected chi connectivity index (χ1v) is 4.23. The molecule has 88 valence electrons. The summed E-state index contributed by atoms with van der Waals surface area (Å²) in [5.41, 5.74) is 0. The predicted octanol–water partition coefficient (Wildman–Crippen LogP) is 4.96. The lowest BCUT2D eigenvalue weighted by Gasteiger charge is -2.03. The van der Waals surface area contributed by atoms with Crippen molar-refractivity contribution in [3.63, 3.8) is 0 Å². The lowest BCUT2D eigenvalue weighted by atomic mass is 10.3. The molecule has 0 atom stereocenters. The minimum absolute atomic E-state index is 0. The molecule has 0 aliphatic heterocycles. The topological polar surface area (TPSA) is 9.23 Å². The highest BCUT2D eigenvalue weighted by Crippen LogP contribution is 2.19. The molecule has 0 radical (unpaired) electrons. The fourth-order valence-corrected chi connectivity index (χ4v) is 1.11. The monoisotopic (exact) mass is 258 g/mol. The SMILES string of the molecule is C.Cl.Cl.c1ccc(Oc2ccccc2)cc1. The van der Waals surface area contributed by atoms with E-state index in [4.69, 9.17) is 4.74 Å². The van der Waals surface area contributed by atoms with Crippen molar-refractivity contribution in [1.29, 1.82) is 0 Å². The molecule has 3 heteroatoms. The number of benzene rings is 2. The van der Waals surface area contributed by atoms with Gasteiger partial charge >= 0.3 is 0 Å². The summed E-state index contributed by atoms with van der Waals surface area (Å²) in [5, 5.41) is 0. The third-order valence-electron chi connectivity index (χ3n) is 1.72. The van der Waals surface area contributed by atoms with Crippen molar-refractivity contribution in [2.24, 2.45) is 0 Å². The van der Waals surface area contributed by atoms with Gasteiger partial charge in [-0.25, -0.2) is 0 Å². The van der Waals surface area contributed by atoms with Crippen molar-refractivity contribution in [1.82, 2.24) is 0 Å². The molecule has 0 amide bonds. The van der Waals surface area contributed by atoms with Crippen LogP contribution in [0.4, 0.5) is 0 Å². The normalized spacial score (nSPS) is 7.75. The smallest absolute Gasteiger partial charge is 0.127 e. The number of para-hydroxylation sites is 2. The molecule has 0 aromatic heterocycles. The summed E-state index contributed by atoms with van der Waals surface area (Å²) in [6.45, 7) is 0. The van der Waals surface area contributed by atoms with Crippen LogP contribution >= 0.6 is 24.8 Å². The van der Waals surface area contributed by atoms with E-state index in [1.54, 1.807) is 0 Å². The molecule has 16 heavy (non-hydrogen) atoms. The van der Waals surface area contributed by atoms with Crippen LogP contribution in [-0.2, 0) is 0 Å². The van der Waals surface area contributed by atoms with E-state index in [9.17, 15) is 0 Å². The molecule has 0 aliphatic rings. The van der Waals surface area contributed by atoms with E-state index in [0.717, 1.165) is 11.5 Å². The molecule has 2 rings (SSSR count). The van der Waals surface area contributed by atoms with Crippen molar-refractivity contribution in [2.45, 2.75) is 7.43 Å². The molecule has 0 bridgehead atoms. The van der Waals surface area contributed by atoms with Crippen molar-refractivity contribution >= 4 is 24.8 Å². The zero-order valence-corrected chi connectivity index (χ0v) is 9.63. The second-order valence-electron chi connectivity index (χ2n) is 2.73. The van der Waals surface area contributed by atoms with Crippen LogP contribution in [0.2, 0.25) is 0 Å². The van der Waals surface area contributed by atoms with Crippen LogP contribution in [0, 0.1) is 0 Å². The van der Waals surface area contributed by atoms with Crippen LogP contribution in [0.3, 0.4) is 0 Å². The second-order valence-corrected chi connectivity index (χ2v) is 2.73. The molecule has 1 nitrogen and oxygen atoms in total. The van der Waals surface area contributed by atoms with E-state index in [0.29, 0.717) is 0 Å². The lowest BCUT2D eigenvalue weighted by molar-refractivity contribution is 0.482. The Hall–Kier alpha value is -1.18. The van der Waals surface area contributed by atoms with Crippen LogP contribution in [0.25, 0.3) is 0 Å². The number of ether oxygens (including phenoxy) is 1. The molecule has 0 unspecified atom stereocenters. The Kier molecular flexibility index (Phi) is 9.77. The highest BCUT2D eigenvalue weighted by Gasteiger charge is 1.92. The maximum Gasteiger partial charge on any atom is 0.127 e. The van der Waals surface area contributed by atoms with E-state index < -0.39 is 0 Å². The van der Waals surface area contributed by atoms with Crippen molar-refractivity contribution in [3.05, 3.63) is 60.7 Å². The van der Waals surface area contributed by atoms with Gasteiger partial charge in [0, 0.05) is 0 Å². The van der Waals surface area contributed by atoms with Gasteiger partial charge in [-0.1, -0.05) is 43.8 Å². The van der Waals surface area contributed by atoms with Crippen LogP contribution in [-0.4, -0.2) is 0 Å². The summed E-state index contributed by atoms with van der Waals surface area (Å²) >= 11 is 0. The van der Waals surface area contributed by atoms with Crippen molar-refractivity contribution in [3.8, 4) is 11.5 Å². The van der Waals surface area contributed by atoms with Gasteiger partial charge in [0.15, 0.2) is 0 Å². The summed E-state index contributed by atoms with van der Waals surface area (Å²) in [4.78, 5) is 0. The average Bonchev–Trinajstić information content (AvgIpc) is 2.21. The molecule has 2 aromatic carbocycles. The Labute approximate surface area is 109 Å². The number of rotatable bonds is 2. The Morgan fingerprint density at radius 1 is 0.562 bits per heavy atom. The zero-order valence-electron chi connectivity index (χ0n) is 8.00. The maximum atomic E-state index is 5.58. The lowest BCUT2D eigenvalue weighted by Crippen LogP contribution is -1.81. The third-order valence-corrected chi connectivity index (χ3v) is 1.72. The molecule has 2 aromatic rings. The van der Waals surface area contributed by atoms with Crippen molar-refractivity contribution in [2.75, 3.05) is 0 Å². The first-order valence-electron chi connectivity index (χ1n) is 4.23. The minimum Gasteiger partial charge on any atom is -0.457 e. The first-order chi connectivity index (χ1) is 6.45. The van der Waals surface area contributed by atoms with E-state index in [1.807, 2.05) is 60.7 Å². The summed E-state index contributed by atoms with van der Waals surface area (Å²) in [7, 11) is 0. The zero-order chi connectivity index (χ0) is 8.93. The Balaban J connectivity index is 0. The Bertz CT molecular complexity index is 325. The largest absolute Gasteiger partial charge is 0.457 e. The second kappa shape index (κ2) is 9.08. The van der Waals surface area contributed by atoms with Crippen LogP contribution < -0.4 is 4.74 Å². The van der Waals surface area contributed by atoms with Crippen LogP contribution in [0.15, 0.2) is 60.7 Å². The van der Waals surface area contributed by atoms with Gasteiger partial charge in [0.05, 0.1) is 0 Å². The molecule has 0 heterocycles. The summed E-state index contributed by atoms with van der Waals surface area (Å²) < 4.78 is 5.58.